The van der Waals surface area contributed by atoms with Crippen molar-refractivity contribution in [2.45, 2.75) is 134 Å². The van der Waals surface area contributed by atoms with Gasteiger partial charge < -0.3 is 9.84 Å². The number of fused-ring (bicyclic) bond motifs is 6. The highest BCUT2D eigenvalue weighted by molar-refractivity contribution is 7.84. The van der Waals surface area contributed by atoms with Crippen molar-refractivity contribution in [2.24, 2.45) is 28.6 Å². The number of methoxy groups -OCH3 is 1. The summed E-state index contributed by atoms with van der Waals surface area (Å²) >= 11 is 0. The molecule has 0 heterocycles. The highest BCUT2D eigenvalue weighted by Gasteiger charge is 2.67. The van der Waals surface area contributed by atoms with Gasteiger partial charge in [0.25, 0.3) is 0 Å². The maximum atomic E-state index is 13.0. The summed E-state index contributed by atoms with van der Waals surface area (Å²) in [6.07, 6.45) is 9.05. The molecule has 0 bridgehead atoms. The normalized spacial score (nSPS) is 31.4. The second-order valence-corrected chi connectivity index (χ2v) is 16.3. The van der Waals surface area contributed by atoms with Crippen LogP contribution in [-0.4, -0.2) is 40.0 Å². The lowest BCUT2D eigenvalue weighted by molar-refractivity contribution is -0.284. The molecular formula is C35H51F5O3S. The van der Waals surface area contributed by atoms with Crippen molar-refractivity contribution in [2.75, 3.05) is 18.6 Å². The molecule has 0 radical (unpaired) electrons. The number of halogens is 5. The van der Waals surface area contributed by atoms with E-state index in [1.54, 1.807) is 0 Å². The van der Waals surface area contributed by atoms with E-state index in [2.05, 4.69) is 13.0 Å². The zero-order chi connectivity index (χ0) is 31.8. The maximum Gasteiger partial charge on any atom is 0.453 e. The predicted octanol–water partition coefficient (Wildman–Crippen LogP) is 10.2. The maximum absolute atomic E-state index is 13.0. The van der Waals surface area contributed by atoms with Crippen molar-refractivity contribution in [3.05, 3.63) is 29.3 Å². The van der Waals surface area contributed by atoms with E-state index in [4.69, 9.17) is 4.74 Å². The minimum Gasteiger partial charge on any atom is -0.508 e. The molecule has 3 fully saturated rings. The van der Waals surface area contributed by atoms with Crippen LogP contribution in [0.1, 0.15) is 133 Å². The van der Waals surface area contributed by atoms with Crippen molar-refractivity contribution >= 4 is 10.8 Å². The lowest BCUT2D eigenvalue weighted by Gasteiger charge is -2.55. The first-order valence-corrected chi connectivity index (χ1v) is 18.5. The van der Waals surface area contributed by atoms with Crippen LogP contribution in [0, 0.1) is 28.6 Å². The summed E-state index contributed by atoms with van der Waals surface area (Å²) in [5.41, 5.74) is 3.61. The Balaban J connectivity index is 1.07. The molecule has 250 valence electrons. The molecule has 9 heteroatoms. The van der Waals surface area contributed by atoms with Crippen molar-refractivity contribution in [1.29, 1.82) is 0 Å². The summed E-state index contributed by atoms with van der Waals surface area (Å²) in [5, 5.41) is 10.4. The van der Waals surface area contributed by atoms with Gasteiger partial charge in [-0.3, -0.25) is 4.21 Å². The molecule has 0 saturated heterocycles. The minimum atomic E-state index is -5.54. The fourth-order valence-electron chi connectivity index (χ4n) is 9.81. The molecule has 7 atom stereocenters. The van der Waals surface area contributed by atoms with Crippen molar-refractivity contribution < 1.29 is 36.0 Å². The van der Waals surface area contributed by atoms with Crippen LogP contribution in [0.4, 0.5) is 22.0 Å². The fourth-order valence-corrected chi connectivity index (χ4v) is 11.0. The molecule has 44 heavy (non-hydrogen) atoms. The second-order valence-electron chi connectivity index (χ2n) is 14.6. The van der Waals surface area contributed by atoms with Gasteiger partial charge in [0.15, 0.2) is 0 Å². The van der Waals surface area contributed by atoms with Crippen LogP contribution in [0.3, 0.4) is 0 Å². The quantitative estimate of drug-likeness (QED) is 0.152. The third kappa shape index (κ3) is 6.75. The SMILES string of the molecule is CO[C@@H]1c2cc(O)ccc2C2CC[C@@]3(C)C(CCC34CC4)C2[C@@H]1CCCCCCCCCS(=O)CCCC(F)(F)C(F)(F)F. The van der Waals surface area contributed by atoms with Crippen LogP contribution in [0.5, 0.6) is 5.75 Å². The monoisotopic (exact) mass is 646 g/mol. The average Bonchev–Trinajstić information content (AvgIpc) is 3.70. The van der Waals surface area contributed by atoms with Crippen LogP contribution in [0.15, 0.2) is 18.2 Å². The Morgan fingerprint density at radius 2 is 1.55 bits per heavy atom. The van der Waals surface area contributed by atoms with Gasteiger partial charge in [0.05, 0.1) is 6.10 Å². The number of phenols is 1. The third-order valence-corrected chi connectivity index (χ3v) is 13.8. The Hall–Kier alpha value is -1.22. The summed E-state index contributed by atoms with van der Waals surface area (Å²) in [6.45, 7) is 2.60. The van der Waals surface area contributed by atoms with Gasteiger partial charge in [0.1, 0.15) is 5.75 Å². The van der Waals surface area contributed by atoms with Gasteiger partial charge in [-0.15, -0.1) is 0 Å². The van der Waals surface area contributed by atoms with Crippen LogP contribution >= 0.6 is 0 Å². The summed E-state index contributed by atoms with van der Waals surface area (Å²) in [7, 11) is 0.475. The highest BCUT2D eigenvalue weighted by Crippen LogP contribution is 2.77. The van der Waals surface area contributed by atoms with Crippen LogP contribution in [0.25, 0.3) is 0 Å². The lowest BCUT2D eigenvalue weighted by atomic mass is 9.50. The first-order chi connectivity index (χ1) is 20.8. The van der Waals surface area contributed by atoms with Crippen LogP contribution in [0.2, 0.25) is 0 Å². The van der Waals surface area contributed by atoms with E-state index < -0.39 is 29.3 Å². The van der Waals surface area contributed by atoms with Gasteiger partial charge >= 0.3 is 12.1 Å². The molecule has 4 aliphatic rings. The third-order valence-electron chi connectivity index (χ3n) is 12.3. The van der Waals surface area contributed by atoms with Gasteiger partial charge in [-0.25, -0.2) is 0 Å². The van der Waals surface area contributed by atoms with Crippen molar-refractivity contribution in [3.8, 4) is 5.75 Å². The number of hydrogen-bond donors (Lipinski definition) is 1. The van der Waals surface area contributed by atoms with E-state index in [1.807, 2.05) is 19.2 Å². The van der Waals surface area contributed by atoms with E-state index in [9.17, 15) is 31.3 Å². The Bertz CT molecular complexity index is 1150. The van der Waals surface area contributed by atoms with Crippen molar-refractivity contribution in [3.63, 3.8) is 0 Å². The number of rotatable bonds is 15. The van der Waals surface area contributed by atoms with E-state index in [1.165, 1.54) is 49.7 Å². The van der Waals surface area contributed by atoms with E-state index in [-0.39, 0.29) is 18.3 Å². The van der Waals surface area contributed by atoms with E-state index >= 15 is 0 Å². The largest absolute Gasteiger partial charge is 0.508 e. The second kappa shape index (κ2) is 13.5. The van der Waals surface area contributed by atoms with Gasteiger partial charge in [-0.1, -0.05) is 51.5 Å². The number of phenolic OH excluding ortho intramolecular Hbond substituents is 1. The van der Waals surface area contributed by atoms with Crippen LogP contribution < -0.4 is 0 Å². The molecule has 0 amide bonds. The molecule has 1 N–H and O–H groups in total. The molecule has 0 aromatic heterocycles. The Morgan fingerprint density at radius 1 is 0.886 bits per heavy atom. The number of aromatic hydroxyl groups is 1. The summed E-state index contributed by atoms with van der Waals surface area (Å²) in [5.74, 6) is -1.80. The van der Waals surface area contributed by atoms with E-state index in [0.29, 0.717) is 46.5 Å². The smallest absolute Gasteiger partial charge is 0.453 e. The zero-order valence-electron chi connectivity index (χ0n) is 26.4. The standard InChI is InChI=1S/C35H51F5O3S/c1-32-17-14-26-25-13-12-24(41)23-28(25)31(43-2)27(30(26)29(32)15-18-33(32)19-20-33)11-8-6-4-3-5-7-9-21-44(42)22-10-16-34(36,37)35(38,39)40/h12-13,23,26-27,29-31,41H,3-11,14-22H2,1-2H3/t26?,27-,29?,30?,31-,32-,44?/m0/s1. The van der Waals surface area contributed by atoms with Gasteiger partial charge in [0, 0.05) is 35.8 Å². The summed E-state index contributed by atoms with van der Waals surface area (Å²) in [4.78, 5) is 0. The molecule has 1 aromatic rings. The molecule has 4 unspecified atom stereocenters. The topological polar surface area (TPSA) is 46.5 Å². The number of hydrogen-bond acceptors (Lipinski definition) is 3. The molecule has 1 aromatic carbocycles. The van der Waals surface area contributed by atoms with Gasteiger partial charge in [-0.05, 0) is 116 Å². The number of alkyl halides is 5. The first-order valence-electron chi connectivity index (χ1n) is 17.0. The van der Waals surface area contributed by atoms with Gasteiger partial charge in [0.2, 0.25) is 0 Å². The first kappa shape index (κ1) is 34.1. The Labute approximate surface area is 262 Å². The summed E-state index contributed by atoms with van der Waals surface area (Å²) < 4.78 is 81.1. The molecule has 3 saturated carbocycles. The van der Waals surface area contributed by atoms with Gasteiger partial charge in [-0.2, -0.15) is 22.0 Å². The Morgan fingerprint density at radius 3 is 2.20 bits per heavy atom. The fraction of sp³-hybridized carbons (Fsp3) is 0.829. The molecule has 3 nitrogen and oxygen atoms in total. The molecule has 4 aliphatic carbocycles. The minimum absolute atomic E-state index is 0.0111. The molecule has 0 aliphatic heterocycles. The lowest BCUT2D eigenvalue weighted by Crippen LogP contribution is -2.47. The number of benzene rings is 1. The molecule has 5 rings (SSSR count). The number of unbranched alkanes of at least 4 members (excludes halogenated alkanes) is 6. The molecule has 1 spiro atoms. The predicted molar refractivity (Wildman–Crippen MR) is 164 cm³/mol. The summed E-state index contributed by atoms with van der Waals surface area (Å²) in [6, 6.07) is 5.96. The van der Waals surface area contributed by atoms with Crippen LogP contribution in [-0.2, 0) is 15.5 Å². The van der Waals surface area contributed by atoms with E-state index in [0.717, 1.165) is 50.9 Å². The zero-order valence-corrected chi connectivity index (χ0v) is 27.2. The van der Waals surface area contributed by atoms with Crippen molar-refractivity contribution in [1.82, 2.24) is 0 Å². The molecular weight excluding hydrogens is 595 g/mol. The Kier molecular flexibility index (Phi) is 10.5. The highest BCUT2D eigenvalue weighted by atomic mass is 32.2. The number of ether oxygens (including phenoxy) is 1. The average molecular weight is 647 g/mol.